The van der Waals surface area contributed by atoms with E-state index in [2.05, 4.69) is 31.8 Å². The Morgan fingerprint density at radius 2 is 1.55 bits per heavy atom. The number of benzene rings is 4. The van der Waals surface area contributed by atoms with Crippen molar-refractivity contribution < 1.29 is 23.9 Å². The van der Waals surface area contributed by atoms with E-state index in [-0.39, 0.29) is 17.2 Å². The Hall–Kier alpha value is -4.76. The molecule has 0 aliphatic carbocycles. The van der Waals surface area contributed by atoms with Crippen LogP contribution >= 0.6 is 15.9 Å². The third kappa shape index (κ3) is 7.42. The minimum atomic E-state index is -0.518. The maximum atomic E-state index is 12.9. The molecular weight excluding hydrogens is 574 g/mol. The Labute approximate surface area is 240 Å². The summed E-state index contributed by atoms with van der Waals surface area (Å²) in [6.45, 7) is 4.11. The number of carbonyl (C=O) groups is 3. The number of hydrogen-bond acceptors (Lipinski definition) is 6. The summed E-state index contributed by atoms with van der Waals surface area (Å²) in [5, 5.41) is 6.83. The highest BCUT2D eigenvalue weighted by Crippen LogP contribution is 2.29. The number of amides is 2. The molecule has 40 heavy (non-hydrogen) atoms. The van der Waals surface area contributed by atoms with Crippen LogP contribution in [-0.4, -0.2) is 30.6 Å². The van der Waals surface area contributed by atoms with Crippen LogP contribution in [0.4, 0.5) is 5.69 Å². The van der Waals surface area contributed by atoms with Crippen molar-refractivity contribution in [1.29, 1.82) is 0 Å². The van der Waals surface area contributed by atoms with Crippen molar-refractivity contribution in [3.05, 3.63) is 123 Å². The quantitative estimate of drug-likeness (QED) is 0.100. The lowest BCUT2D eigenvalue weighted by molar-refractivity contribution is 0.0728. The lowest BCUT2D eigenvalue weighted by atomic mass is 10.1. The van der Waals surface area contributed by atoms with E-state index in [1.54, 1.807) is 78.9 Å². The van der Waals surface area contributed by atoms with Gasteiger partial charge in [0.2, 0.25) is 0 Å². The zero-order valence-electron chi connectivity index (χ0n) is 21.8. The van der Waals surface area contributed by atoms with Crippen LogP contribution in [0.1, 0.15) is 49.1 Å². The van der Waals surface area contributed by atoms with Gasteiger partial charge in [-0.15, -0.1) is 0 Å². The van der Waals surface area contributed by atoms with E-state index in [9.17, 15) is 14.4 Å². The highest BCUT2D eigenvalue weighted by Gasteiger charge is 2.15. The smallest absolute Gasteiger partial charge is 0.343 e. The standard InChI is InChI=1S/C31H26BrN3O5/c1-3-39-28-18-21(10-17-27(28)40-31(38)23-13-15-24(32)16-14-23)19-33-35-30(37)25-6-4-5-7-26(25)34-29(36)22-11-8-20(2)9-12-22/h4-19H,3H2,1-2H3,(H,34,36)(H,35,37)/b33-19-. The molecular formula is C31H26BrN3O5. The number of esters is 1. The molecule has 0 aliphatic rings. The number of ether oxygens (including phenoxy) is 2. The Morgan fingerprint density at radius 3 is 2.27 bits per heavy atom. The summed E-state index contributed by atoms with van der Waals surface area (Å²) < 4.78 is 12.0. The molecule has 0 fully saturated rings. The van der Waals surface area contributed by atoms with E-state index in [0.717, 1.165) is 10.0 Å². The van der Waals surface area contributed by atoms with E-state index in [4.69, 9.17) is 9.47 Å². The van der Waals surface area contributed by atoms with E-state index in [0.29, 0.717) is 34.7 Å². The molecule has 0 saturated heterocycles. The van der Waals surface area contributed by atoms with Gasteiger partial charge >= 0.3 is 5.97 Å². The monoisotopic (exact) mass is 599 g/mol. The van der Waals surface area contributed by atoms with Gasteiger partial charge in [-0.1, -0.05) is 45.8 Å². The molecule has 0 aromatic heterocycles. The number of para-hydroxylation sites is 1. The average molecular weight is 600 g/mol. The fourth-order valence-electron chi connectivity index (χ4n) is 3.62. The molecule has 2 amide bonds. The molecule has 9 heteroatoms. The average Bonchev–Trinajstić information content (AvgIpc) is 2.95. The van der Waals surface area contributed by atoms with Crippen molar-refractivity contribution in [3.63, 3.8) is 0 Å². The fraction of sp³-hybridized carbons (Fsp3) is 0.0968. The molecule has 0 saturated carbocycles. The minimum Gasteiger partial charge on any atom is -0.490 e. The third-order valence-corrected chi connectivity index (χ3v) is 6.19. The number of rotatable bonds is 9. The number of nitrogens with zero attached hydrogens (tertiary/aromatic N) is 1. The summed E-state index contributed by atoms with van der Waals surface area (Å²) in [5.41, 5.74) is 5.62. The van der Waals surface area contributed by atoms with Gasteiger partial charge in [0.15, 0.2) is 11.5 Å². The summed E-state index contributed by atoms with van der Waals surface area (Å²) in [5.74, 6) is -0.730. The van der Waals surface area contributed by atoms with Gasteiger partial charge in [0.05, 0.1) is 29.6 Å². The second-order valence-electron chi connectivity index (χ2n) is 8.60. The Bertz CT molecular complexity index is 1550. The van der Waals surface area contributed by atoms with Crippen LogP contribution in [0.3, 0.4) is 0 Å². The summed E-state index contributed by atoms with van der Waals surface area (Å²) in [4.78, 5) is 38.1. The molecule has 0 unspecified atom stereocenters. The normalized spacial score (nSPS) is 10.7. The fourth-order valence-corrected chi connectivity index (χ4v) is 3.88. The molecule has 0 atom stereocenters. The number of hydrazone groups is 1. The van der Waals surface area contributed by atoms with Crippen LogP contribution < -0.4 is 20.2 Å². The summed E-state index contributed by atoms with van der Waals surface area (Å²) in [7, 11) is 0. The first-order chi connectivity index (χ1) is 19.3. The molecule has 0 heterocycles. The van der Waals surface area contributed by atoms with E-state index < -0.39 is 11.9 Å². The maximum absolute atomic E-state index is 12.9. The Balaban J connectivity index is 1.43. The minimum absolute atomic E-state index is 0.255. The lowest BCUT2D eigenvalue weighted by Crippen LogP contribution is -2.21. The number of carbonyl (C=O) groups excluding carboxylic acids is 3. The Kier molecular flexibility index (Phi) is 9.43. The molecule has 4 aromatic carbocycles. The number of nitrogens with one attached hydrogen (secondary N) is 2. The van der Waals surface area contributed by atoms with Gasteiger partial charge in [-0.2, -0.15) is 5.10 Å². The van der Waals surface area contributed by atoms with Gasteiger partial charge < -0.3 is 14.8 Å². The topological polar surface area (TPSA) is 106 Å². The second-order valence-corrected chi connectivity index (χ2v) is 9.52. The zero-order valence-corrected chi connectivity index (χ0v) is 23.4. The van der Waals surface area contributed by atoms with Gasteiger partial charge in [0.1, 0.15) is 0 Å². The number of aryl methyl sites for hydroxylation is 1. The third-order valence-electron chi connectivity index (χ3n) is 5.66. The first kappa shape index (κ1) is 28.3. The lowest BCUT2D eigenvalue weighted by Gasteiger charge is -2.11. The van der Waals surface area contributed by atoms with Gasteiger partial charge in [0, 0.05) is 10.0 Å². The molecule has 202 valence electrons. The van der Waals surface area contributed by atoms with Crippen LogP contribution in [0.25, 0.3) is 0 Å². The highest BCUT2D eigenvalue weighted by atomic mass is 79.9. The summed E-state index contributed by atoms with van der Waals surface area (Å²) in [6, 6.07) is 25.6. The summed E-state index contributed by atoms with van der Waals surface area (Å²) >= 11 is 3.34. The van der Waals surface area contributed by atoms with Crippen LogP contribution in [-0.2, 0) is 0 Å². The molecule has 0 radical (unpaired) electrons. The van der Waals surface area contributed by atoms with Crippen LogP contribution in [0, 0.1) is 6.92 Å². The number of halogens is 1. The second kappa shape index (κ2) is 13.3. The Morgan fingerprint density at radius 1 is 0.850 bits per heavy atom. The van der Waals surface area contributed by atoms with Crippen molar-refractivity contribution in [2.45, 2.75) is 13.8 Å². The predicted molar refractivity (Wildman–Crippen MR) is 157 cm³/mol. The number of hydrogen-bond donors (Lipinski definition) is 2. The van der Waals surface area contributed by atoms with Gasteiger partial charge in [-0.3, -0.25) is 9.59 Å². The van der Waals surface area contributed by atoms with Crippen molar-refractivity contribution in [2.75, 3.05) is 11.9 Å². The summed E-state index contributed by atoms with van der Waals surface area (Å²) in [6.07, 6.45) is 1.44. The van der Waals surface area contributed by atoms with Gasteiger partial charge in [0.25, 0.3) is 11.8 Å². The molecule has 2 N–H and O–H groups in total. The van der Waals surface area contributed by atoms with Crippen molar-refractivity contribution in [1.82, 2.24) is 5.43 Å². The van der Waals surface area contributed by atoms with Crippen molar-refractivity contribution in [2.24, 2.45) is 5.10 Å². The van der Waals surface area contributed by atoms with Crippen LogP contribution in [0.5, 0.6) is 11.5 Å². The van der Waals surface area contributed by atoms with Crippen molar-refractivity contribution >= 4 is 45.6 Å². The van der Waals surface area contributed by atoms with Crippen molar-refractivity contribution in [3.8, 4) is 11.5 Å². The molecule has 0 spiro atoms. The number of anilines is 1. The predicted octanol–water partition coefficient (Wildman–Crippen LogP) is 6.39. The zero-order chi connectivity index (χ0) is 28.5. The largest absolute Gasteiger partial charge is 0.490 e. The first-order valence-corrected chi connectivity index (χ1v) is 13.2. The van der Waals surface area contributed by atoms with Gasteiger partial charge in [-0.25, -0.2) is 10.2 Å². The molecule has 0 aliphatic heterocycles. The first-order valence-electron chi connectivity index (χ1n) is 12.4. The van der Waals surface area contributed by atoms with E-state index >= 15 is 0 Å². The van der Waals surface area contributed by atoms with Crippen LogP contribution in [0.2, 0.25) is 0 Å². The highest BCUT2D eigenvalue weighted by molar-refractivity contribution is 9.10. The maximum Gasteiger partial charge on any atom is 0.343 e. The molecule has 4 rings (SSSR count). The van der Waals surface area contributed by atoms with Gasteiger partial charge in [-0.05, 0) is 86.1 Å². The molecule has 8 nitrogen and oxygen atoms in total. The van der Waals surface area contributed by atoms with Crippen LogP contribution in [0.15, 0.2) is 101 Å². The van der Waals surface area contributed by atoms with E-state index in [1.165, 1.54) is 6.21 Å². The molecule has 0 bridgehead atoms. The SMILES string of the molecule is CCOc1cc(/C=N\NC(=O)c2ccccc2NC(=O)c2ccc(C)cc2)ccc1OC(=O)c1ccc(Br)cc1. The molecule has 4 aromatic rings. The van der Waals surface area contributed by atoms with E-state index in [1.807, 2.05) is 26.0 Å².